The number of carbonyl (C=O) groups is 3. The second-order valence-corrected chi connectivity index (χ2v) is 8.35. The smallest absolute Gasteiger partial charge is 0.247 e. The lowest BCUT2D eigenvalue weighted by atomic mass is 9.70. The van der Waals surface area contributed by atoms with Gasteiger partial charge in [0.25, 0.3) is 0 Å². The summed E-state index contributed by atoms with van der Waals surface area (Å²) in [6, 6.07) is 5.12. The molecule has 7 nitrogen and oxygen atoms in total. The van der Waals surface area contributed by atoms with Gasteiger partial charge >= 0.3 is 0 Å². The van der Waals surface area contributed by atoms with Gasteiger partial charge in [-0.2, -0.15) is 0 Å². The van der Waals surface area contributed by atoms with E-state index in [4.69, 9.17) is 0 Å². The Kier molecular flexibility index (Phi) is 6.61. The molecule has 3 amide bonds. The molecule has 162 valence electrons. The monoisotopic (exact) mass is 413 g/mol. The highest BCUT2D eigenvalue weighted by molar-refractivity contribution is 6.02. The molecule has 30 heavy (non-hydrogen) atoms. The van der Waals surface area contributed by atoms with Crippen LogP contribution >= 0.6 is 0 Å². The van der Waals surface area contributed by atoms with Gasteiger partial charge in [0, 0.05) is 31.8 Å². The molecule has 2 aliphatic rings. The Morgan fingerprint density at radius 2 is 1.90 bits per heavy atom. The number of aliphatic hydroxyl groups excluding tert-OH is 1. The number of rotatable bonds is 6. The average molecular weight is 414 g/mol. The number of hydrogen-bond donors (Lipinski definition) is 3. The first-order valence-electron chi connectivity index (χ1n) is 10.5. The van der Waals surface area contributed by atoms with E-state index in [1.807, 2.05) is 51.1 Å². The Bertz CT molecular complexity index is 866. The lowest BCUT2D eigenvalue weighted by molar-refractivity contribution is -0.140. The highest BCUT2D eigenvalue weighted by Crippen LogP contribution is 2.44. The van der Waals surface area contributed by atoms with Crippen molar-refractivity contribution in [2.24, 2.45) is 23.7 Å². The van der Waals surface area contributed by atoms with E-state index >= 15 is 0 Å². The average Bonchev–Trinajstić information content (AvgIpc) is 3.00. The molecule has 1 heterocycles. The van der Waals surface area contributed by atoms with Crippen molar-refractivity contribution in [2.75, 3.05) is 25.5 Å². The summed E-state index contributed by atoms with van der Waals surface area (Å²) in [5.41, 5.74) is 2.68. The predicted octanol–water partition coefficient (Wildman–Crippen LogP) is 1.64. The van der Waals surface area contributed by atoms with Gasteiger partial charge in [-0.05, 0) is 43.4 Å². The molecule has 7 heteroatoms. The van der Waals surface area contributed by atoms with Gasteiger partial charge in [-0.1, -0.05) is 31.2 Å². The highest BCUT2D eigenvalue weighted by Gasteiger charge is 2.56. The zero-order valence-corrected chi connectivity index (χ0v) is 18.0. The number of aryl methyl sites for hydroxylation is 2. The Morgan fingerprint density at radius 1 is 1.17 bits per heavy atom. The second-order valence-electron chi connectivity index (χ2n) is 8.35. The summed E-state index contributed by atoms with van der Waals surface area (Å²) in [6.07, 6.45) is 4.23. The van der Waals surface area contributed by atoms with E-state index in [-0.39, 0.29) is 42.7 Å². The van der Waals surface area contributed by atoms with E-state index in [0.717, 1.165) is 11.1 Å². The Morgan fingerprint density at radius 3 is 2.57 bits per heavy atom. The minimum Gasteiger partial charge on any atom is -0.396 e. The lowest BCUT2D eigenvalue weighted by Crippen LogP contribution is -2.45. The molecule has 1 aliphatic carbocycles. The summed E-state index contributed by atoms with van der Waals surface area (Å²) in [5, 5.41) is 15.0. The van der Waals surface area contributed by atoms with Crippen LogP contribution in [-0.2, 0) is 14.4 Å². The topological polar surface area (TPSA) is 98.7 Å². The van der Waals surface area contributed by atoms with Crippen molar-refractivity contribution in [1.82, 2.24) is 10.2 Å². The quantitative estimate of drug-likeness (QED) is 0.618. The van der Waals surface area contributed by atoms with Crippen LogP contribution in [0, 0.1) is 37.5 Å². The van der Waals surface area contributed by atoms with Crippen molar-refractivity contribution in [1.29, 1.82) is 0 Å². The third-order valence-electron chi connectivity index (χ3n) is 6.30. The first-order chi connectivity index (χ1) is 14.3. The summed E-state index contributed by atoms with van der Waals surface area (Å²) < 4.78 is 0. The molecule has 1 saturated heterocycles. The zero-order chi connectivity index (χ0) is 22.0. The predicted molar refractivity (Wildman–Crippen MR) is 115 cm³/mol. The number of benzene rings is 1. The van der Waals surface area contributed by atoms with E-state index in [2.05, 4.69) is 10.6 Å². The van der Waals surface area contributed by atoms with Crippen LogP contribution in [0.3, 0.4) is 0 Å². The maximum absolute atomic E-state index is 13.4. The van der Waals surface area contributed by atoms with Crippen molar-refractivity contribution < 1.29 is 19.5 Å². The van der Waals surface area contributed by atoms with Gasteiger partial charge in [-0.3, -0.25) is 14.4 Å². The van der Waals surface area contributed by atoms with Crippen LogP contribution in [0.2, 0.25) is 0 Å². The molecule has 1 aromatic rings. The highest BCUT2D eigenvalue weighted by atomic mass is 16.3. The van der Waals surface area contributed by atoms with Crippen molar-refractivity contribution >= 4 is 23.4 Å². The van der Waals surface area contributed by atoms with Crippen molar-refractivity contribution in [3.8, 4) is 0 Å². The number of likely N-dealkylation sites (tertiary alicyclic amines) is 1. The maximum Gasteiger partial charge on any atom is 0.247 e. The van der Waals surface area contributed by atoms with Crippen LogP contribution in [0.15, 0.2) is 30.4 Å². The van der Waals surface area contributed by atoms with Crippen molar-refractivity contribution in [3.05, 3.63) is 41.5 Å². The molecule has 3 N–H and O–H groups in total. The van der Waals surface area contributed by atoms with Crippen LogP contribution in [0.25, 0.3) is 0 Å². The van der Waals surface area contributed by atoms with E-state index in [1.54, 1.807) is 11.9 Å². The number of anilines is 1. The van der Waals surface area contributed by atoms with Crippen LogP contribution in [-0.4, -0.2) is 54.0 Å². The third kappa shape index (κ3) is 3.99. The number of allylic oxidation sites excluding steroid dienone is 1. The fourth-order valence-electron chi connectivity index (χ4n) is 4.72. The van der Waals surface area contributed by atoms with Crippen LogP contribution in [0.4, 0.5) is 5.69 Å². The molecule has 0 aromatic heterocycles. The molecular weight excluding hydrogens is 382 g/mol. The lowest BCUT2D eigenvalue weighted by Gasteiger charge is -2.32. The van der Waals surface area contributed by atoms with Crippen LogP contribution in [0.1, 0.15) is 24.5 Å². The SMILES string of the molecule is CNC(=O)[C@H]1[C@@H]2C(=O)N(CCCO)[C@H](C(=O)Nc3cc(C)ccc3C)[C@H]2C=C[C@H]1C. The number of amides is 3. The zero-order valence-electron chi connectivity index (χ0n) is 18.0. The summed E-state index contributed by atoms with van der Waals surface area (Å²) in [5.74, 6) is -2.24. The minimum absolute atomic E-state index is 0.0739. The number of fused-ring (bicyclic) bond motifs is 1. The number of nitrogens with one attached hydrogen (secondary N) is 2. The Hall–Kier alpha value is -2.67. The molecular formula is C23H31N3O4. The van der Waals surface area contributed by atoms with E-state index < -0.39 is 17.9 Å². The van der Waals surface area contributed by atoms with Gasteiger partial charge in [0.1, 0.15) is 6.04 Å². The Labute approximate surface area is 177 Å². The van der Waals surface area contributed by atoms with E-state index in [0.29, 0.717) is 12.1 Å². The molecule has 1 aromatic carbocycles. The number of nitrogens with zero attached hydrogens (tertiary/aromatic N) is 1. The molecule has 0 unspecified atom stereocenters. The molecule has 0 spiro atoms. The molecule has 0 saturated carbocycles. The molecule has 1 fully saturated rings. The summed E-state index contributed by atoms with van der Waals surface area (Å²) >= 11 is 0. The third-order valence-corrected chi connectivity index (χ3v) is 6.30. The summed E-state index contributed by atoms with van der Waals surface area (Å²) in [6.45, 7) is 5.99. The van der Waals surface area contributed by atoms with Gasteiger partial charge in [-0.15, -0.1) is 0 Å². The Balaban J connectivity index is 1.96. The summed E-state index contributed by atoms with van der Waals surface area (Å²) in [4.78, 5) is 40.9. The second kappa shape index (κ2) is 9.00. The normalized spacial score (nSPS) is 27.7. The van der Waals surface area contributed by atoms with E-state index in [1.165, 1.54) is 0 Å². The van der Waals surface area contributed by atoms with Gasteiger partial charge in [0.05, 0.1) is 11.8 Å². The van der Waals surface area contributed by atoms with Gasteiger partial charge in [0.15, 0.2) is 0 Å². The van der Waals surface area contributed by atoms with Crippen molar-refractivity contribution in [3.63, 3.8) is 0 Å². The number of carbonyl (C=O) groups excluding carboxylic acids is 3. The van der Waals surface area contributed by atoms with Crippen LogP contribution < -0.4 is 10.6 Å². The standard InChI is InChI=1S/C23H31N3O4/c1-13-6-7-14(2)17(12-13)25-22(29)20-16-9-8-15(3)18(21(28)24-4)19(16)23(30)26(20)10-5-11-27/h6-9,12,15-16,18-20,27H,5,10-11H2,1-4H3,(H,24,28)(H,25,29)/t15-,16+,18-,19-,20+/m1/s1. The van der Waals surface area contributed by atoms with Gasteiger partial charge in [0.2, 0.25) is 17.7 Å². The number of aliphatic hydroxyl groups is 1. The van der Waals surface area contributed by atoms with Crippen molar-refractivity contribution in [2.45, 2.75) is 33.2 Å². The summed E-state index contributed by atoms with van der Waals surface area (Å²) in [7, 11) is 1.57. The fraction of sp³-hybridized carbons (Fsp3) is 0.522. The maximum atomic E-state index is 13.4. The van der Waals surface area contributed by atoms with Crippen LogP contribution in [0.5, 0.6) is 0 Å². The first kappa shape index (κ1) is 22.0. The fourth-order valence-corrected chi connectivity index (χ4v) is 4.72. The molecule has 5 atom stereocenters. The molecule has 0 bridgehead atoms. The molecule has 0 radical (unpaired) electrons. The number of hydrogen-bond acceptors (Lipinski definition) is 4. The van der Waals surface area contributed by atoms with E-state index in [9.17, 15) is 19.5 Å². The van der Waals surface area contributed by atoms with Gasteiger partial charge < -0.3 is 20.6 Å². The van der Waals surface area contributed by atoms with Gasteiger partial charge in [-0.25, -0.2) is 0 Å². The molecule has 3 rings (SSSR count). The largest absolute Gasteiger partial charge is 0.396 e. The minimum atomic E-state index is -0.718. The first-order valence-corrected chi connectivity index (χ1v) is 10.5. The molecule has 1 aliphatic heterocycles.